The molecule has 0 fully saturated rings. The molecule has 0 saturated heterocycles. The number of para-hydroxylation sites is 2. The van der Waals surface area contributed by atoms with Crippen molar-refractivity contribution in [1.82, 2.24) is 14.2 Å². The minimum atomic E-state index is -0.956. The Morgan fingerprint density at radius 2 is 1.62 bits per heavy atom. The Labute approximate surface area is 223 Å². The van der Waals surface area contributed by atoms with Gasteiger partial charge in [-0.25, -0.2) is 9.78 Å². The van der Waals surface area contributed by atoms with E-state index in [-0.39, 0.29) is 11.1 Å². The first kappa shape index (κ1) is 24.1. The van der Waals surface area contributed by atoms with E-state index in [9.17, 15) is 14.7 Å². The van der Waals surface area contributed by atoms with Gasteiger partial charge in [-0.15, -0.1) is 0 Å². The van der Waals surface area contributed by atoms with Crippen LogP contribution >= 0.6 is 0 Å². The molecule has 7 heteroatoms. The maximum atomic E-state index is 13.6. The number of aromatic carboxylic acids is 1. The van der Waals surface area contributed by atoms with Crippen molar-refractivity contribution >= 4 is 34.0 Å². The third-order valence-electron chi connectivity index (χ3n) is 6.88. The molecule has 0 aliphatic rings. The fourth-order valence-corrected chi connectivity index (χ4v) is 4.93. The molecular formula is C32H24N4O3. The predicted molar refractivity (Wildman–Crippen MR) is 154 cm³/mol. The largest absolute Gasteiger partial charge is 0.478 e. The topological polar surface area (TPSA) is 89.5 Å². The Hall–Kier alpha value is -5.30. The molecule has 2 aromatic heterocycles. The number of hydrogen-bond donors (Lipinski definition) is 1. The number of rotatable bonds is 6. The molecule has 0 bridgehead atoms. The van der Waals surface area contributed by atoms with Crippen molar-refractivity contribution in [3.05, 3.63) is 136 Å². The van der Waals surface area contributed by atoms with E-state index >= 15 is 0 Å². The number of nitrogens with zero attached hydrogens (tertiary/aromatic N) is 4. The minimum absolute atomic E-state index is 0.248. The zero-order valence-corrected chi connectivity index (χ0v) is 21.2. The highest BCUT2D eigenvalue weighted by Gasteiger charge is 2.16. The van der Waals surface area contributed by atoms with E-state index in [1.54, 1.807) is 30.5 Å². The highest BCUT2D eigenvalue weighted by molar-refractivity contribution is 6.01. The summed E-state index contributed by atoms with van der Waals surface area (Å²) in [7, 11) is 0. The Bertz CT molecular complexity index is 1950. The van der Waals surface area contributed by atoms with Crippen LogP contribution < -0.4 is 5.56 Å². The van der Waals surface area contributed by atoms with Gasteiger partial charge in [0.2, 0.25) is 0 Å². The Morgan fingerprint density at radius 1 is 0.897 bits per heavy atom. The van der Waals surface area contributed by atoms with Gasteiger partial charge in [0.25, 0.3) is 5.56 Å². The van der Waals surface area contributed by atoms with Gasteiger partial charge in [0.1, 0.15) is 0 Å². The quantitative estimate of drug-likeness (QED) is 0.279. The summed E-state index contributed by atoms with van der Waals surface area (Å²) in [6.45, 7) is 2.50. The first-order valence-corrected chi connectivity index (χ1v) is 12.5. The van der Waals surface area contributed by atoms with Gasteiger partial charge < -0.3 is 9.67 Å². The van der Waals surface area contributed by atoms with Crippen LogP contribution in [0.15, 0.2) is 113 Å². The van der Waals surface area contributed by atoms with E-state index in [4.69, 9.17) is 10.1 Å². The summed E-state index contributed by atoms with van der Waals surface area (Å²) in [6, 6.07) is 31.7. The summed E-state index contributed by atoms with van der Waals surface area (Å²) in [6.07, 6.45) is 1.71. The van der Waals surface area contributed by atoms with E-state index in [0.29, 0.717) is 23.3 Å². The molecule has 4 aromatic carbocycles. The van der Waals surface area contributed by atoms with Gasteiger partial charge in [-0.3, -0.25) is 4.79 Å². The van der Waals surface area contributed by atoms with Gasteiger partial charge in [0, 0.05) is 34.3 Å². The Morgan fingerprint density at radius 3 is 2.41 bits per heavy atom. The van der Waals surface area contributed by atoms with Crippen LogP contribution in [0.2, 0.25) is 0 Å². The molecule has 2 heterocycles. The van der Waals surface area contributed by atoms with Gasteiger partial charge in [0.05, 0.1) is 22.7 Å². The smallest absolute Gasteiger partial charge is 0.335 e. The standard InChI is InChI=1S/C32H24N4O3/c1-21-27(25-14-6-8-17-29(25)35(21)20-22-10-9-13-24(18-22)32(38)39)19-33-36-30(23-11-3-2-4-12-23)34-28-16-7-5-15-26(28)31(36)37/h2-19H,20H2,1H3,(H,38,39). The number of fused-ring (bicyclic) bond motifs is 2. The van der Waals surface area contributed by atoms with Crippen LogP contribution in [0, 0.1) is 6.92 Å². The summed E-state index contributed by atoms with van der Waals surface area (Å²) in [5, 5.41) is 15.6. The normalized spacial score (nSPS) is 11.5. The average Bonchev–Trinajstić information content (AvgIpc) is 3.23. The number of benzene rings is 4. The van der Waals surface area contributed by atoms with E-state index in [1.807, 2.05) is 85.8 Å². The fourth-order valence-electron chi connectivity index (χ4n) is 4.93. The molecule has 7 nitrogen and oxygen atoms in total. The molecule has 39 heavy (non-hydrogen) atoms. The second kappa shape index (κ2) is 9.87. The highest BCUT2D eigenvalue weighted by Crippen LogP contribution is 2.26. The first-order chi connectivity index (χ1) is 19.0. The fraction of sp³-hybridized carbons (Fsp3) is 0.0625. The van der Waals surface area contributed by atoms with Gasteiger partial charge in [0.15, 0.2) is 5.82 Å². The molecule has 6 aromatic rings. The molecule has 0 spiro atoms. The van der Waals surface area contributed by atoms with Crippen LogP contribution in [0.3, 0.4) is 0 Å². The summed E-state index contributed by atoms with van der Waals surface area (Å²) >= 11 is 0. The van der Waals surface area contributed by atoms with Crippen LogP contribution in [0.5, 0.6) is 0 Å². The molecule has 1 N–H and O–H groups in total. The van der Waals surface area contributed by atoms with Crippen molar-refractivity contribution in [1.29, 1.82) is 0 Å². The van der Waals surface area contributed by atoms with Crippen LogP contribution in [-0.2, 0) is 6.54 Å². The SMILES string of the molecule is Cc1c(C=Nn2c(-c3ccccc3)nc3ccccc3c2=O)c2ccccc2n1Cc1cccc(C(=O)O)c1. The van der Waals surface area contributed by atoms with Crippen molar-refractivity contribution in [2.75, 3.05) is 0 Å². The third kappa shape index (κ3) is 4.40. The van der Waals surface area contributed by atoms with E-state index in [0.717, 1.165) is 33.3 Å². The summed E-state index contributed by atoms with van der Waals surface area (Å²) in [4.78, 5) is 29.9. The zero-order chi connectivity index (χ0) is 26.9. The molecule has 0 atom stereocenters. The lowest BCUT2D eigenvalue weighted by Gasteiger charge is -2.10. The molecule has 6 rings (SSSR count). The lowest BCUT2D eigenvalue weighted by Crippen LogP contribution is -2.20. The molecular weight excluding hydrogens is 488 g/mol. The maximum Gasteiger partial charge on any atom is 0.335 e. The van der Waals surface area contributed by atoms with Crippen LogP contribution in [-0.4, -0.2) is 31.5 Å². The van der Waals surface area contributed by atoms with Crippen molar-refractivity contribution in [3.63, 3.8) is 0 Å². The minimum Gasteiger partial charge on any atom is -0.478 e. The third-order valence-corrected chi connectivity index (χ3v) is 6.88. The van der Waals surface area contributed by atoms with Crippen molar-refractivity contribution in [3.8, 4) is 11.4 Å². The molecule has 0 aliphatic carbocycles. The molecule has 0 unspecified atom stereocenters. The number of carboxylic acids is 1. The lowest BCUT2D eigenvalue weighted by molar-refractivity contribution is 0.0696. The van der Waals surface area contributed by atoms with Crippen molar-refractivity contribution in [2.45, 2.75) is 13.5 Å². The van der Waals surface area contributed by atoms with Crippen LogP contribution in [0.25, 0.3) is 33.2 Å². The summed E-state index contributed by atoms with van der Waals surface area (Å²) < 4.78 is 3.50. The number of carboxylic acid groups (broad SMARTS) is 1. The van der Waals surface area contributed by atoms with Gasteiger partial charge in [-0.1, -0.05) is 72.8 Å². The summed E-state index contributed by atoms with van der Waals surface area (Å²) in [5.74, 6) is -0.496. The zero-order valence-electron chi connectivity index (χ0n) is 21.2. The second-order valence-corrected chi connectivity index (χ2v) is 9.29. The van der Waals surface area contributed by atoms with Gasteiger partial charge >= 0.3 is 5.97 Å². The number of carbonyl (C=O) groups is 1. The highest BCUT2D eigenvalue weighted by atomic mass is 16.4. The van der Waals surface area contributed by atoms with E-state index < -0.39 is 5.97 Å². The summed E-state index contributed by atoms with van der Waals surface area (Å²) in [5.41, 5.74) is 5.09. The molecule has 190 valence electrons. The predicted octanol–water partition coefficient (Wildman–Crippen LogP) is 5.96. The average molecular weight is 513 g/mol. The molecule has 0 aliphatic heterocycles. The molecule has 0 amide bonds. The molecule has 0 saturated carbocycles. The van der Waals surface area contributed by atoms with Crippen molar-refractivity contribution in [2.24, 2.45) is 5.10 Å². The number of aromatic nitrogens is 3. The van der Waals surface area contributed by atoms with Gasteiger partial charge in [-0.2, -0.15) is 9.78 Å². The van der Waals surface area contributed by atoms with Crippen LogP contribution in [0.1, 0.15) is 27.2 Å². The van der Waals surface area contributed by atoms with Crippen molar-refractivity contribution < 1.29 is 9.90 Å². The van der Waals surface area contributed by atoms with Gasteiger partial charge in [-0.05, 0) is 42.8 Å². The Kier molecular flexibility index (Phi) is 6.09. The monoisotopic (exact) mass is 512 g/mol. The second-order valence-electron chi connectivity index (χ2n) is 9.29. The van der Waals surface area contributed by atoms with E-state index in [2.05, 4.69) is 4.57 Å². The maximum absolute atomic E-state index is 13.6. The van der Waals surface area contributed by atoms with E-state index in [1.165, 1.54) is 4.68 Å². The Balaban J connectivity index is 1.50. The molecule has 0 radical (unpaired) electrons. The number of hydrogen-bond acceptors (Lipinski definition) is 4. The first-order valence-electron chi connectivity index (χ1n) is 12.5. The lowest BCUT2D eigenvalue weighted by atomic mass is 10.1. The van der Waals surface area contributed by atoms with Crippen LogP contribution in [0.4, 0.5) is 0 Å².